The summed E-state index contributed by atoms with van der Waals surface area (Å²) in [6.07, 6.45) is 5.06. The number of carbonyl (C=O) groups excluding carboxylic acids is 1. The zero-order chi connectivity index (χ0) is 15.2. The topological polar surface area (TPSA) is 62.7 Å². The highest BCUT2D eigenvalue weighted by Gasteiger charge is 2.27. The van der Waals surface area contributed by atoms with Crippen LogP contribution in [0.2, 0.25) is 6.82 Å². The third-order valence-electron chi connectivity index (χ3n) is 3.93. The molecule has 0 aliphatic carbocycles. The molecule has 1 aromatic heterocycles. The number of ether oxygens (including phenoxy) is 1. The average molecular weight is 288 g/mol. The Labute approximate surface area is 125 Å². The highest BCUT2D eigenvalue weighted by Crippen LogP contribution is 2.31. The van der Waals surface area contributed by atoms with Gasteiger partial charge in [-0.1, -0.05) is 6.07 Å². The molecule has 2 heterocycles. The molecule has 1 aromatic rings. The van der Waals surface area contributed by atoms with E-state index >= 15 is 0 Å². The van der Waals surface area contributed by atoms with Crippen molar-refractivity contribution in [1.82, 2.24) is 9.79 Å². The van der Waals surface area contributed by atoms with Crippen LogP contribution < -0.4 is 0 Å². The summed E-state index contributed by atoms with van der Waals surface area (Å²) in [5.74, 6) is -0.0948. The van der Waals surface area contributed by atoms with Gasteiger partial charge in [0.1, 0.15) is 0 Å². The van der Waals surface area contributed by atoms with Crippen LogP contribution in [-0.4, -0.2) is 48.0 Å². The van der Waals surface area contributed by atoms with E-state index in [0.717, 1.165) is 37.2 Å². The van der Waals surface area contributed by atoms with Crippen molar-refractivity contribution < 1.29 is 14.6 Å². The van der Waals surface area contributed by atoms with Crippen LogP contribution in [0.15, 0.2) is 30.5 Å². The van der Waals surface area contributed by atoms with Crippen molar-refractivity contribution in [1.29, 1.82) is 0 Å². The molecule has 0 amide bonds. The number of piperidine rings is 1. The fourth-order valence-corrected chi connectivity index (χ4v) is 2.70. The molecule has 0 saturated carbocycles. The number of methoxy groups -OCH3 is 1. The largest absolute Gasteiger partial charge is 0.466 e. The van der Waals surface area contributed by atoms with Gasteiger partial charge >= 0.3 is 13.0 Å². The minimum Gasteiger partial charge on any atom is -0.466 e. The molecular formula is C15H21BN2O3. The standard InChI is InChI=1S/C15H21BN2O3/c1-16(20)18-9-6-12(7-10-18)13(11-15(19)21-2)14-5-3-4-8-17-14/h3-5,8,11-12,20H,6-7,9-10H2,1-2H3. The van der Waals surface area contributed by atoms with Gasteiger partial charge in [0.25, 0.3) is 0 Å². The Morgan fingerprint density at radius 3 is 2.71 bits per heavy atom. The van der Waals surface area contributed by atoms with Crippen LogP contribution in [0.4, 0.5) is 0 Å². The van der Waals surface area contributed by atoms with E-state index in [1.807, 2.05) is 23.0 Å². The highest BCUT2D eigenvalue weighted by atomic mass is 16.5. The van der Waals surface area contributed by atoms with E-state index in [0.29, 0.717) is 0 Å². The van der Waals surface area contributed by atoms with Gasteiger partial charge in [-0.2, -0.15) is 0 Å². The Morgan fingerprint density at radius 2 is 2.19 bits per heavy atom. The predicted octanol–water partition coefficient (Wildman–Crippen LogP) is 1.46. The molecule has 0 bridgehead atoms. The van der Waals surface area contributed by atoms with E-state index in [1.165, 1.54) is 7.11 Å². The molecule has 21 heavy (non-hydrogen) atoms. The molecule has 112 valence electrons. The number of rotatable bonds is 4. The Morgan fingerprint density at radius 1 is 1.48 bits per heavy atom. The number of hydrogen-bond donors (Lipinski definition) is 1. The number of allylic oxidation sites excluding steroid dienone is 1. The van der Waals surface area contributed by atoms with Crippen LogP contribution in [0.5, 0.6) is 0 Å². The van der Waals surface area contributed by atoms with Gasteiger partial charge in [0.2, 0.25) is 0 Å². The lowest BCUT2D eigenvalue weighted by molar-refractivity contribution is -0.134. The molecular weight excluding hydrogens is 267 g/mol. The zero-order valence-electron chi connectivity index (χ0n) is 12.5. The first-order chi connectivity index (χ1) is 10.1. The fraction of sp³-hybridized carbons (Fsp3) is 0.467. The second-order valence-corrected chi connectivity index (χ2v) is 5.28. The van der Waals surface area contributed by atoms with E-state index in [4.69, 9.17) is 4.74 Å². The van der Waals surface area contributed by atoms with Gasteiger partial charge in [-0.25, -0.2) is 4.79 Å². The summed E-state index contributed by atoms with van der Waals surface area (Å²) in [4.78, 5) is 18.0. The molecule has 6 heteroatoms. The second-order valence-electron chi connectivity index (χ2n) is 5.28. The number of aromatic nitrogens is 1. The number of carbonyl (C=O) groups is 1. The number of pyridine rings is 1. The summed E-state index contributed by atoms with van der Waals surface area (Å²) in [7, 11) is 0.958. The van der Waals surface area contributed by atoms with Crippen molar-refractivity contribution in [2.75, 3.05) is 20.2 Å². The molecule has 1 aliphatic heterocycles. The number of hydrogen-bond acceptors (Lipinski definition) is 5. The molecule has 1 aliphatic rings. The van der Waals surface area contributed by atoms with E-state index in [2.05, 4.69) is 4.98 Å². The molecule has 1 N–H and O–H groups in total. The van der Waals surface area contributed by atoms with Crippen LogP contribution >= 0.6 is 0 Å². The minimum atomic E-state index is -0.422. The second kappa shape index (κ2) is 7.38. The molecule has 0 unspecified atom stereocenters. The summed E-state index contributed by atoms with van der Waals surface area (Å²) in [5, 5.41) is 9.63. The van der Waals surface area contributed by atoms with Gasteiger partial charge in [0.15, 0.2) is 0 Å². The quantitative estimate of drug-likeness (QED) is 0.516. The lowest BCUT2D eigenvalue weighted by Gasteiger charge is -2.33. The van der Waals surface area contributed by atoms with Crippen LogP contribution in [0.1, 0.15) is 18.5 Å². The summed E-state index contributed by atoms with van der Waals surface area (Å²) < 4.78 is 4.76. The Hall–Kier alpha value is -1.66. The van der Waals surface area contributed by atoms with Crippen LogP contribution in [0.3, 0.4) is 0 Å². The number of nitrogens with zero attached hydrogens (tertiary/aromatic N) is 2. The Balaban J connectivity index is 2.18. The molecule has 5 nitrogen and oxygen atoms in total. The normalized spacial score (nSPS) is 17.6. The van der Waals surface area contributed by atoms with Crippen molar-refractivity contribution in [3.05, 3.63) is 36.2 Å². The van der Waals surface area contributed by atoms with Crippen molar-refractivity contribution in [2.45, 2.75) is 19.7 Å². The van der Waals surface area contributed by atoms with E-state index in [9.17, 15) is 9.82 Å². The molecule has 0 aromatic carbocycles. The van der Waals surface area contributed by atoms with E-state index in [1.54, 1.807) is 19.1 Å². The van der Waals surface area contributed by atoms with Crippen molar-refractivity contribution in [2.24, 2.45) is 5.92 Å². The molecule has 0 radical (unpaired) electrons. The van der Waals surface area contributed by atoms with Gasteiger partial charge in [0, 0.05) is 12.3 Å². The third kappa shape index (κ3) is 4.15. The van der Waals surface area contributed by atoms with E-state index in [-0.39, 0.29) is 11.9 Å². The number of esters is 1. The Kier molecular flexibility index (Phi) is 5.53. The van der Waals surface area contributed by atoms with Gasteiger partial charge in [-0.05, 0) is 56.4 Å². The highest BCUT2D eigenvalue weighted by molar-refractivity contribution is 6.45. The van der Waals surface area contributed by atoms with Crippen LogP contribution in [0, 0.1) is 5.92 Å². The van der Waals surface area contributed by atoms with Gasteiger partial charge in [0.05, 0.1) is 12.8 Å². The lowest BCUT2D eigenvalue weighted by Crippen LogP contribution is -2.43. The molecule has 0 atom stereocenters. The van der Waals surface area contributed by atoms with Crippen LogP contribution in [-0.2, 0) is 9.53 Å². The molecule has 0 spiro atoms. The monoisotopic (exact) mass is 288 g/mol. The van der Waals surface area contributed by atoms with Gasteiger partial charge in [-0.3, -0.25) is 4.98 Å². The summed E-state index contributed by atoms with van der Waals surface area (Å²) >= 11 is 0. The lowest BCUT2D eigenvalue weighted by atomic mass is 9.78. The summed E-state index contributed by atoms with van der Waals surface area (Å²) in [6, 6.07) is 5.68. The average Bonchev–Trinajstić information content (AvgIpc) is 2.53. The maximum absolute atomic E-state index is 11.6. The predicted molar refractivity (Wildman–Crippen MR) is 82.4 cm³/mol. The maximum Gasteiger partial charge on any atom is 0.376 e. The first-order valence-electron chi connectivity index (χ1n) is 7.25. The molecule has 1 saturated heterocycles. The molecule has 1 fully saturated rings. The van der Waals surface area contributed by atoms with Crippen molar-refractivity contribution in [3.63, 3.8) is 0 Å². The third-order valence-corrected chi connectivity index (χ3v) is 3.93. The van der Waals surface area contributed by atoms with Crippen molar-refractivity contribution in [3.8, 4) is 0 Å². The summed E-state index contributed by atoms with van der Waals surface area (Å²) in [5.41, 5.74) is 1.74. The van der Waals surface area contributed by atoms with Crippen molar-refractivity contribution >= 4 is 18.6 Å². The van der Waals surface area contributed by atoms with Gasteiger partial charge < -0.3 is 14.6 Å². The van der Waals surface area contributed by atoms with Gasteiger partial charge in [-0.15, -0.1) is 0 Å². The summed E-state index contributed by atoms with van der Waals surface area (Å²) in [6.45, 7) is 3.41. The Bertz CT molecular complexity index is 497. The fourth-order valence-electron chi connectivity index (χ4n) is 2.70. The first kappa shape index (κ1) is 15.7. The smallest absolute Gasteiger partial charge is 0.376 e. The SMILES string of the molecule is COC(=O)C=C(c1ccccn1)C1CCN(B(C)O)CC1. The maximum atomic E-state index is 11.6. The first-order valence-corrected chi connectivity index (χ1v) is 7.25. The zero-order valence-corrected chi connectivity index (χ0v) is 12.5. The minimum absolute atomic E-state index is 0.258. The molecule has 2 rings (SSSR count). The van der Waals surface area contributed by atoms with Crippen LogP contribution in [0.25, 0.3) is 5.57 Å². The van der Waals surface area contributed by atoms with E-state index < -0.39 is 7.05 Å².